The van der Waals surface area contributed by atoms with Crippen LogP contribution < -0.4 is 10.6 Å². The number of nitrogens with two attached hydrogens (primary N) is 1. The maximum atomic E-state index is 12.1. The third-order valence-electron chi connectivity index (χ3n) is 3.86. The van der Waals surface area contributed by atoms with Crippen LogP contribution in [0.25, 0.3) is 0 Å². The number of benzene rings is 1. The zero-order chi connectivity index (χ0) is 13.4. The number of carbonyl (C=O) groups is 2. The molecule has 0 bridgehead atoms. The Morgan fingerprint density at radius 1 is 1.32 bits per heavy atom. The van der Waals surface area contributed by atoms with Gasteiger partial charge in [0.2, 0.25) is 5.91 Å². The lowest BCUT2D eigenvalue weighted by molar-refractivity contribution is -0.119. The van der Waals surface area contributed by atoms with Crippen molar-refractivity contribution < 1.29 is 9.59 Å². The second kappa shape index (κ2) is 4.78. The number of anilines is 1. The van der Waals surface area contributed by atoms with E-state index >= 15 is 0 Å². The van der Waals surface area contributed by atoms with Gasteiger partial charge in [0.15, 0.2) is 5.78 Å². The molecule has 4 heteroatoms. The first-order chi connectivity index (χ1) is 9.20. The van der Waals surface area contributed by atoms with Crippen LogP contribution in [0.5, 0.6) is 0 Å². The molecule has 1 aromatic carbocycles. The van der Waals surface area contributed by atoms with E-state index in [1.54, 1.807) is 0 Å². The van der Waals surface area contributed by atoms with Gasteiger partial charge < -0.3 is 10.6 Å². The quantitative estimate of drug-likeness (QED) is 0.833. The predicted molar refractivity (Wildman–Crippen MR) is 73.2 cm³/mol. The van der Waals surface area contributed by atoms with Gasteiger partial charge in [-0.1, -0.05) is 0 Å². The fourth-order valence-electron chi connectivity index (χ4n) is 2.63. The minimum absolute atomic E-state index is 0.0808. The summed E-state index contributed by atoms with van der Waals surface area (Å²) < 4.78 is 0. The molecule has 1 heterocycles. The molecule has 0 radical (unpaired) electrons. The van der Waals surface area contributed by atoms with E-state index in [2.05, 4.69) is 0 Å². The van der Waals surface area contributed by atoms with Gasteiger partial charge in [0.05, 0.1) is 0 Å². The maximum Gasteiger partial charge on any atom is 0.230 e. The minimum Gasteiger partial charge on any atom is -0.330 e. The lowest BCUT2D eigenvalue weighted by atomic mass is 10.0. The van der Waals surface area contributed by atoms with Gasteiger partial charge in [-0.25, -0.2) is 0 Å². The van der Waals surface area contributed by atoms with Crippen LogP contribution in [0.15, 0.2) is 18.2 Å². The van der Waals surface area contributed by atoms with Gasteiger partial charge in [-0.2, -0.15) is 0 Å². The van der Waals surface area contributed by atoms with Crippen molar-refractivity contribution in [2.24, 2.45) is 11.7 Å². The SMILES string of the molecule is NCCC(=O)c1ccc2c(c1)CCN2C(=O)C1CC1. The third-order valence-corrected chi connectivity index (χ3v) is 3.86. The van der Waals surface area contributed by atoms with E-state index < -0.39 is 0 Å². The number of hydrogen-bond donors (Lipinski definition) is 1. The van der Waals surface area contributed by atoms with E-state index in [-0.39, 0.29) is 17.6 Å². The first kappa shape index (κ1) is 12.4. The Labute approximate surface area is 112 Å². The summed E-state index contributed by atoms with van der Waals surface area (Å²) in [5.74, 6) is 0.571. The van der Waals surface area contributed by atoms with Gasteiger partial charge in [0.25, 0.3) is 0 Å². The Morgan fingerprint density at radius 2 is 2.11 bits per heavy atom. The summed E-state index contributed by atoms with van der Waals surface area (Å²) in [4.78, 5) is 25.8. The van der Waals surface area contributed by atoms with Crippen LogP contribution in [0.2, 0.25) is 0 Å². The molecule has 0 unspecified atom stereocenters. The molecule has 0 saturated heterocycles. The Balaban J connectivity index is 1.83. The van der Waals surface area contributed by atoms with E-state index in [0.29, 0.717) is 18.5 Å². The van der Waals surface area contributed by atoms with Gasteiger partial charge in [-0.15, -0.1) is 0 Å². The van der Waals surface area contributed by atoms with E-state index in [1.165, 1.54) is 0 Å². The minimum atomic E-state index is 0.0808. The van der Waals surface area contributed by atoms with Gasteiger partial charge in [-0.05, 0) is 49.6 Å². The molecule has 1 amide bonds. The van der Waals surface area contributed by atoms with Crippen molar-refractivity contribution in [3.8, 4) is 0 Å². The average molecular weight is 258 g/mol. The smallest absolute Gasteiger partial charge is 0.230 e. The van der Waals surface area contributed by atoms with Gasteiger partial charge in [-0.3, -0.25) is 9.59 Å². The first-order valence-electron chi connectivity index (χ1n) is 6.88. The molecular weight excluding hydrogens is 240 g/mol. The fraction of sp³-hybridized carbons (Fsp3) is 0.467. The molecule has 0 aromatic heterocycles. The molecule has 1 fully saturated rings. The first-order valence-corrected chi connectivity index (χ1v) is 6.88. The summed E-state index contributed by atoms with van der Waals surface area (Å²) in [6.07, 6.45) is 3.27. The Hall–Kier alpha value is -1.68. The van der Waals surface area contributed by atoms with Gasteiger partial charge in [0.1, 0.15) is 0 Å². The monoisotopic (exact) mass is 258 g/mol. The van der Waals surface area contributed by atoms with Crippen molar-refractivity contribution in [2.75, 3.05) is 18.0 Å². The van der Waals surface area contributed by atoms with Crippen LogP contribution in [-0.4, -0.2) is 24.8 Å². The summed E-state index contributed by atoms with van der Waals surface area (Å²) in [5, 5.41) is 0. The second-order valence-electron chi connectivity index (χ2n) is 5.32. The number of Topliss-reactive ketones (excluding diaryl/α,β-unsaturated/α-hetero) is 1. The lowest BCUT2D eigenvalue weighted by Gasteiger charge is -2.17. The molecule has 19 heavy (non-hydrogen) atoms. The summed E-state index contributed by atoms with van der Waals surface area (Å²) >= 11 is 0. The predicted octanol–water partition coefficient (Wildman–Crippen LogP) is 1.52. The highest BCUT2D eigenvalue weighted by Crippen LogP contribution is 2.36. The molecule has 1 saturated carbocycles. The summed E-state index contributed by atoms with van der Waals surface area (Å²) in [5.41, 5.74) is 8.22. The molecule has 1 aromatic rings. The van der Waals surface area contributed by atoms with Crippen molar-refractivity contribution in [1.82, 2.24) is 0 Å². The Kier molecular flexibility index (Phi) is 3.11. The number of ketones is 1. The number of hydrogen-bond acceptors (Lipinski definition) is 3. The highest BCUT2D eigenvalue weighted by Gasteiger charge is 2.36. The van der Waals surface area contributed by atoms with Gasteiger partial charge in [0, 0.05) is 30.1 Å². The molecule has 0 spiro atoms. The highest BCUT2D eigenvalue weighted by molar-refractivity contribution is 6.00. The Morgan fingerprint density at radius 3 is 2.79 bits per heavy atom. The number of fused-ring (bicyclic) bond motifs is 1. The lowest BCUT2D eigenvalue weighted by Crippen LogP contribution is -2.30. The molecule has 100 valence electrons. The van der Waals surface area contributed by atoms with Crippen molar-refractivity contribution in [3.05, 3.63) is 29.3 Å². The van der Waals surface area contributed by atoms with E-state index in [4.69, 9.17) is 5.73 Å². The molecule has 0 atom stereocenters. The second-order valence-corrected chi connectivity index (χ2v) is 5.32. The summed E-state index contributed by atoms with van der Waals surface area (Å²) in [7, 11) is 0. The van der Waals surface area contributed by atoms with E-state index in [0.717, 1.165) is 37.1 Å². The average Bonchev–Trinajstić information content (AvgIpc) is 3.17. The van der Waals surface area contributed by atoms with Crippen LogP contribution in [0.3, 0.4) is 0 Å². The Bertz CT molecular complexity index is 535. The van der Waals surface area contributed by atoms with Crippen molar-refractivity contribution in [2.45, 2.75) is 25.7 Å². The van der Waals surface area contributed by atoms with Crippen LogP contribution in [0, 0.1) is 5.92 Å². The largest absolute Gasteiger partial charge is 0.330 e. The number of carbonyl (C=O) groups excluding carboxylic acids is 2. The van der Waals surface area contributed by atoms with Crippen molar-refractivity contribution >= 4 is 17.4 Å². The third kappa shape index (κ3) is 2.28. The standard InChI is InChI=1S/C15H18N2O2/c16-7-5-14(18)12-3-4-13-11(9-12)6-8-17(13)15(19)10-1-2-10/h3-4,9-10H,1-2,5-8,16H2. The zero-order valence-corrected chi connectivity index (χ0v) is 10.9. The zero-order valence-electron chi connectivity index (χ0n) is 10.9. The molecule has 3 rings (SSSR count). The topological polar surface area (TPSA) is 63.4 Å². The van der Waals surface area contributed by atoms with Crippen LogP contribution in [-0.2, 0) is 11.2 Å². The van der Waals surface area contributed by atoms with Gasteiger partial charge >= 0.3 is 0 Å². The molecular formula is C15H18N2O2. The molecule has 4 nitrogen and oxygen atoms in total. The summed E-state index contributed by atoms with van der Waals surface area (Å²) in [6, 6.07) is 5.65. The highest BCUT2D eigenvalue weighted by atomic mass is 16.2. The van der Waals surface area contributed by atoms with Crippen molar-refractivity contribution in [1.29, 1.82) is 0 Å². The molecule has 1 aliphatic heterocycles. The van der Waals surface area contributed by atoms with Crippen LogP contribution in [0.1, 0.15) is 35.2 Å². The maximum absolute atomic E-state index is 12.1. The molecule has 2 aliphatic rings. The van der Waals surface area contributed by atoms with E-state index in [9.17, 15) is 9.59 Å². The number of nitrogens with zero attached hydrogens (tertiary/aromatic N) is 1. The number of amides is 1. The normalized spacial score (nSPS) is 17.4. The molecule has 1 aliphatic carbocycles. The van der Waals surface area contributed by atoms with Crippen molar-refractivity contribution in [3.63, 3.8) is 0 Å². The summed E-state index contributed by atoms with van der Waals surface area (Å²) in [6.45, 7) is 1.13. The van der Waals surface area contributed by atoms with E-state index in [1.807, 2.05) is 23.1 Å². The van der Waals surface area contributed by atoms with Crippen LogP contribution in [0.4, 0.5) is 5.69 Å². The number of rotatable bonds is 4. The molecule has 2 N–H and O–H groups in total. The van der Waals surface area contributed by atoms with Crippen LogP contribution >= 0.6 is 0 Å². The fourth-order valence-corrected chi connectivity index (χ4v) is 2.63.